The molecular weight excluding hydrogens is 154 g/mol. The molecule has 0 radical (unpaired) electrons. The summed E-state index contributed by atoms with van der Waals surface area (Å²) < 4.78 is 10.6. The first-order chi connectivity index (χ1) is 5.62. The van der Waals surface area contributed by atoms with Gasteiger partial charge in [-0.2, -0.15) is 0 Å². The van der Waals surface area contributed by atoms with Gasteiger partial charge in [-0.1, -0.05) is 0 Å². The Morgan fingerprint density at radius 1 is 1.25 bits per heavy atom. The van der Waals surface area contributed by atoms with Crippen LogP contribution in [-0.2, 0) is 9.47 Å². The van der Waals surface area contributed by atoms with Crippen LogP contribution in [-0.4, -0.2) is 32.5 Å². The minimum Gasteiger partial charge on any atom is -0.381 e. The van der Waals surface area contributed by atoms with E-state index in [4.69, 9.17) is 15.2 Å². The number of methoxy groups -OCH3 is 1. The molecule has 0 heterocycles. The normalized spacial score (nSPS) is 12.0. The zero-order valence-electron chi connectivity index (χ0n) is 8.43. The summed E-state index contributed by atoms with van der Waals surface area (Å²) in [4.78, 5) is 0. The molecule has 0 aliphatic carbocycles. The maximum Gasteiger partial charge on any atom is 0.0644 e. The summed E-state index contributed by atoms with van der Waals surface area (Å²) in [7, 11) is 1.72. The van der Waals surface area contributed by atoms with E-state index in [1.807, 2.05) is 0 Å². The molecule has 0 aliphatic rings. The van der Waals surface area contributed by atoms with E-state index in [9.17, 15) is 0 Å². The molecule has 2 N–H and O–H groups in total. The topological polar surface area (TPSA) is 44.5 Å². The van der Waals surface area contributed by atoms with Gasteiger partial charge in [-0.15, -0.1) is 0 Å². The van der Waals surface area contributed by atoms with Gasteiger partial charge in [0.25, 0.3) is 0 Å². The van der Waals surface area contributed by atoms with Crippen LogP contribution in [0.15, 0.2) is 0 Å². The van der Waals surface area contributed by atoms with Crippen LogP contribution in [0.4, 0.5) is 0 Å². The summed E-state index contributed by atoms with van der Waals surface area (Å²) in [6, 6.07) is 0. The molecule has 3 nitrogen and oxygen atoms in total. The molecular formula is C9H21NO2. The largest absolute Gasteiger partial charge is 0.381 e. The Kier molecular flexibility index (Phi) is 6.34. The molecule has 12 heavy (non-hydrogen) atoms. The van der Waals surface area contributed by atoms with Crippen molar-refractivity contribution in [1.82, 2.24) is 0 Å². The minimum absolute atomic E-state index is 0.0668. The Morgan fingerprint density at radius 2 is 1.92 bits per heavy atom. The van der Waals surface area contributed by atoms with Crippen molar-refractivity contribution in [3.8, 4) is 0 Å². The van der Waals surface area contributed by atoms with Crippen molar-refractivity contribution >= 4 is 0 Å². The lowest BCUT2D eigenvalue weighted by atomic mass is 10.1. The number of nitrogens with two attached hydrogens (primary N) is 1. The zero-order chi connectivity index (χ0) is 9.45. The van der Waals surface area contributed by atoms with E-state index < -0.39 is 0 Å². The standard InChI is InChI=1S/C9H21NO2/c1-9(2,11-3)5-8-12-7-4-6-10/h4-8,10H2,1-3H3. The predicted molar refractivity (Wildman–Crippen MR) is 50.2 cm³/mol. The Morgan fingerprint density at radius 3 is 2.42 bits per heavy atom. The van der Waals surface area contributed by atoms with E-state index in [0.717, 1.165) is 26.1 Å². The summed E-state index contributed by atoms with van der Waals surface area (Å²) in [6.45, 7) is 6.32. The minimum atomic E-state index is -0.0668. The third-order valence-corrected chi connectivity index (χ3v) is 1.89. The Balaban J connectivity index is 3.19. The van der Waals surface area contributed by atoms with Crippen LogP contribution in [0.1, 0.15) is 26.7 Å². The van der Waals surface area contributed by atoms with E-state index in [0.29, 0.717) is 6.54 Å². The second-order valence-electron chi connectivity index (χ2n) is 3.47. The van der Waals surface area contributed by atoms with Crippen LogP contribution in [0.2, 0.25) is 0 Å². The molecule has 3 heteroatoms. The van der Waals surface area contributed by atoms with Gasteiger partial charge in [-0.3, -0.25) is 0 Å². The maximum atomic E-state index is 5.35. The van der Waals surface area contributed by atoms with Crippen molar-refractivity contribution in [1.29, 1.82) is 0 Å². The molecule has 74 valence electrons. The van der Waals surface area contributed by atoms with Crippen molar-refractivity contribution < 1.29 is 9.47 Å². The van der Waals surface area contributed by atoms with Crippen LogP contribution < -0.4 is 5.73 Å². The molecule has 0 bridgehead atoms. The summed E-state index contributed by atoms with van der Waals surface area (Å²) >= 11 is 0. The fourth-order valence-electron chi connectivity index (χ4n) is 0.707. The first-order valence-corrected chi connectivity index (χ1v) is 4.45. The average Bonchev–Trinajstić information content (AvgIpc) is 2.04. The summed E-state index contributed by atoms with van der Waals surface area (Å²) in [5, 5.41) is 0. The van der Waals surface area contributed by atoms with Gasteiger partial charge in [0.05, 0.1) is 5.60 Å². The van der Waals surface area contributed by atoms with Crippen LogP contribution >= 0.6 is 0 Å². The molecule has 0 aromatic rings. The van der Waals surface area contributed by atoms with Gasteiger partial charge in [0, 0.05) is 20.3 Å². The molecule has 0 aromatic heterocycles. The van der Waals surface area contributed by atoms with Gasteiger partial charge >= 0.3 is 0 Å². The number of hydrogen-bond acceptors (Lipinski definition) is 3. The molecule has 0 atom stereocenters. The lowest BCUT2D eigenvalue weighted by Crippen LogP contribution is -2.24. The molecule has 0 fully saturated rings. The summed E-state index contributed by atoms with van der Waals surface area (Å²) in [5.41, 5.74) is 5.25. The van der Waals surface area contributed by atoms with Crippen LogP contribution in [0.5, 0.6) is 0 Å². The molecule has 0 saturated carbocycles. The summed E-state index contributed by atoms with van der Waals surface area (Å²) in [5.74, 6) is 0. The van der Waals surface area contributed by atoms with E-state index in [2.05, 4.69) is 13.8 Å². The smallest absolute Gasteiger partial charge is 0.0644 e. The Bertz CT molecular complexity index is 105. The van der Waals surface area contributed by atoms with Gasteiger partial charge in [-0.05, 0) is 33.2 Å². The molecule has 0 spiro atoms. The molecule has 0 unspecified atom stereocenters. The number of ether oxygens (including phenoxy) is 2. The summed E-state index contributed by atoms with van der Waals surface area (Å²) in [6.07, 6.45) is 1.86. The monoisotopic (exact) mass is 175 g/mol. The van der Waals surface area contributed by atoms with E-state index in [-0.39, 0.29) is 5.60 Å². The van der Waals surface area contributed by atoms with E-state index in [1.54, 1.807) is 7.11 Å². The second-order valence-corrected chi connectivity index (χ2v) is 3.47. The highest BCUT2D eigenvalue weighted by Crippen LogP contribution is 2.12. The average molecular weight is 175 g/mol. The second kappa shape index (κ2) is 6.40. The van der Waals surface area contributed by atoms with Gasteiger partial charge in [0.2, 0.25) is 0 Å². The fourth-order valence-corrected chi connectivity index (χ4v) is 0.707. The molecule has 0 amide bonds. The van der Waals surface area contributed by atoms with E-state index in [1.165, 1.54) is 0 Å². The SMILES string of the molecule is COC(C)(C)CCOCCCN. The lowest BCUT2D eigenvalue weighted by Gasteiger charge is -2.22. The highest BCUT2D eigenvalue weighted by molar-refractivity contribution is 4.66. The third-order valence-electron chi connectivity index (χ3n) is 1.89. The van der Waals surface area contributed by atoms with Crippen molar-refractivity contribution in [2.45, 2.75) is 32.3 Å². The predicted octanol–water partition coefficient (Wildman–Crippen LogP) is 1.17. The number of rotatable bonds is 7. The highest BCUT2D eigenvalue weighted by atomic mass is 16.5. The van der Waals surface area contributed by atoms with Crippen molar-refractivity contribution in [2.75, 3.05) is 26.9 Å². The van der Waals surface area contributed by atoms with Crippen LogP contribution in [0.3, 0.4) is 0 Å². The molecule has 0 saturated heterocycles. The first-order valence-electron chi connectivity index (χ1n) is 4.45. The van der Waals surface area contributed by atoms with Crippen LogP contribution in [0.25, 0.3) is 0 Å². The zero-order valence-corrected chi connectivity index (χ0v) is 8.43. The Labute approximate surface area is 75.2 Å². The number of hydrogen-bond donors (Lipinski definition) is 1. The van der Waals surface area contributed by atoms with Crippen LogP contribution in [0, 0.1) is 0 Å². The molecule has 0 aliphatic heterocycles. The van der Waals surface area contributed by atoms with Gasteiger partial charge in [-0.25, -0.2) is 0 Å². The molecule has 0 aromatic carbocycles. The van der Waals surface area contributed by atoms with Gasteiger partial charge in [0.1, 0.15) is 0 Å². The van der Waals surface area contributed by atoms with Crippen molar-refractivity contribution in [2.24, 2.45) is 5.73 Å². The quantitative estimate of drug-likeness (QED) is 0.591. The lowest BCUT2D eigenvalue weighted by molar-refractivity contribution is -0.00980. The van der Waals surface area contributed by atoms with Gasteiger partial charge < -0.3 is 15.2 Å². The van der Waals surface area contributed by atoms with Crippen molar-refractivity contribution in [3.63, 3.8) is 0 Å². The first kappa shape index (κ1) is 11.9. The third kappa shape index (κ3) is 6.58. The van der Waals surface area contributed by atoms with E-state index >= 15 is 0 Å². The molecule has 0 rings (SSSR count). The maximum absolute atomic E-state index is 5.35. The fraction of sp³-hybridized carbons (Fsp3) is 1.00. The van der Waals surface area contributed by atoms with Crippen molar-refractivity contribution in [3.05, 3.63) is 0 Å². The highest BCUT2D eigenvalue weighted by Gasteiger charge is 2.15. The van der Waals surface area contributed by atoms with Gasteiger partial charge in [0.15, 0.2) is 0 Å². The Hall–Kier alpha value is -0.120.